The first-order valence-electron chi connectivity index (χ1n) is 9.14. The van der Waals surface area contributed by atoms with Gasteiger partial charge in [-0.25, -0.2) is 9.97 Å². The molecular weight excluding hydrogens is 461 g/mol. The summed E-state index contributed by atoms with van der Waals surface area (Å²) in [6.45, 7) is 2.48. The monoisotopic (exact) mass is 477 g/mol. The van der Waals surface area contributed by atoms with E-state index < -0.39 is 0 Å². The van der Waals surface area contributed by atoms with Crippen LogP contribution in [0.4, 0.5) is 0 Å². The Kier molecular flexibility index (Phi) is 6.63. The van der Waals surface area contributed by atoms with Crippen LogP contribution < -0.4 is 5.32 Å². The highest BCUT2D eigenvalue weighted by Crippen LogP contribution is 2.28. The van der Waals surface area contributed by atoms with Gasteiger partial charge in [0.2, 0.25) is 0 Å². The average molecular weight is 478 g/mol. The predicted octanol–water partition coefficient (Wildman–Crippen LogP) is 6.16. The van der Waals surface area contributed by atoms with Gasteiger partial charge in [0, 0.05) is 22.0 Å². The second-order valence-corrected chi connectivity index (χ2v) is 9.32. The largest absolute Gasteiger partial charge is 0.431 e. The molecule has 5 nitrogen and oxygen atoms in total. The van der Waals surface area contributed by atoms with Crippen LogP contribution in [0.15, 0.2) is 51.4 Å². The lowest BCUT2D eigenvalue weighted by Crippen LogP contribution is -2.26. The van der Waals surface area contributed by atoms with Crippen LogP contribution in [-0.2, 0) is 12.2 Å². The number of hydrogen-bond donors (Lipinski definition) is 1. The van der Waals surface area contributed by atoms with Gasteiger partial charge in [-0.2, -0.15) is 0 Å². The van der Waals surface area contributed by atoms with Crippen LogP contribution in [0.1, 0.15) is 26.6 Å². The SMILES string of the molecule is Cc1ccc2oc(SCc3nc(C(=O)NCCc4ccc(Cl)cc4Cl)cs3)nc2c1. The normalized spacial score (nSPS) is 11.2. The standard InChI is InChI=1S/C21H17Cl2N3O2S2/c1-12-2-5-18-16(8-12)26-21(28-18)30-11-19-25-17(10-29-19)20(27)24-7-6-13-3-4-14(22)9-15(13)23/h2-5,8-10H,6-7,11H2,1H3,(H,24,27). The number of oxazole rings is 1. The number of nitrogens with zero attached hydrogens (tertiary/aromatic N) is 2. The van der Waals surface area contributed by atoms with Crippen molar-refractivity contribution in [1.82, 2.24) is 15.3 Å². The van der Waals surface area contributed by atoms with Crippen LogP contribution in [0.5, 0.6) is 0 Å². The second-order valence-electron chi connectivity index (χ2n) is 6.61. The summed E-state index contributed by atoms with van der Waals surface area (Å²) in [6.07, 6.45) is 0.617. The summed E-state index contributed by atoms with van der Waals surface area (Å²) in [6, 6.07) is 11.3. The number of rotatable bonds is 7. The third kappa shape index (κ3) is 5.16. The molecule has 1 amide bonds. The van der Waals surface area contributed by atoms with Crippen molar-refractivity contribution in [1.29, 1.82) is 0 Å². The van der Waals surface area contributed by atoms with Gasteiger partial charge in [-0.1, -0.05) is 47.1 Å². The first kappa shape index (κ1) is 21.2. The van der Waals surface area contributed by atoms with E-state index in [0.29, 0.717) is 39.7 Å². The van der Waals surface area contributed by atoms with Crippen molar-refractivity contribution in [3.63, 3.8) is 0 Å². The molecule has 4 aromatic rings. The number of aryl methyl sites for hydroxylation is 1. The second kappa shape index (κ2) is 9.39. The van der Waals surface area contributed by atoms with E-state index in [1.54, 1.807) is 17.5 Å². The van der Waals surface area contributed by atoms with E-state index >= 15 is 0 Å². The first-order chi connectivity index (χ1) is 14.5. The van der Waals surface area contributed by atoms with Gasteiger partial charge in [-0.15, -0.1) is 11.3 Å². The molecule has 4 rings (SSSR count). The van der Waals surface area contributed by atoms with Crippen LogP contribution in [0.25, 0.3) is 11.1 Å². The molecule has 0 fully saturated rings. The minimum absolute atomic E-state index is 0.204. The van der Waals surface area contributed by atoms with Crippen molar-refractivity contribution in [2.75, 3.05) is 6.54 Å². The number of thiazole rings is 1. The van der Waals surface area contributed by atoms with Crippen molar-refractivity contribution < 1.29 is 9.21 Å². The minimum atomic E-state index is -0.204. The zero-order chi connectivity index (χ0) is 21.1. The number of fused-ring (bicyclic) bond motifs is 1. The van der Waals surface area contributed by atoms with Gasteiger partial charge < -0.3 is 9.73 Å². The van der Waals surface area contributed by atoms with Crippen molar-refractivity contribution in [2.24, 2.45) is 0 Å². The Labute approximate surface area is 191 Å². The van der Waals surface area contributed by atoms with E-state index in [9.17, 15) is 4.79 Å². The number of nitrogens with one attached hydrogen (secondary N) is 1. The summed E-state index contributed by atoms with van der Waals surface area (Å²) in [5.41, 5.74) is 4.10. The van der Waals surface area contributed by atoms with Gasteiger partial charge in [0.05, 0.1) is 5.75 Å². The topological polar surface area (TPSA) is 68.0 Å². The Balaban J connectivity index is 1.29. The lowest BCUT2D eigenvalue weighted by atomic mass is 10.1. The molecule has 0 unspecified atom stereocenters. The molecule has 154 valence electrons. The zero-order valence-electron chi connectivity index (χ0n) is 15.9. The maximum absolute atomic E-state index is 12.4. The highest BCUT2D eigenvalue weighted by molar-refractivity contribution is 7.98. The molecule has 0 saturated carbocycles. The lowest BCUT2D eigenvalue weighted by Gasteiger charge is -2.06. The number of hydrogen-bond acceptors (Lipinski definition) is 6. The van der Waals surface area contributed by atoms with Crippen molar-refractivity contribution >= 4 is 63.3 Å². The molecular formula is C21H17Cl2N3O2S2. The maximum Gasteiger partial charge on any atom is 0.270 e. The fourth-order valence-electron chi connectivity index (χ4n) is 2.81. The van der Waals surface area contributed by atoms with Gasteiger partial charge in [0.25, 0.3) is 11.1 Å². The number of aromatic nitrogens is 2. The predicted molar refractivity (Wildman–Crippen MR) is 123 cm³/mol. The summed E-state index contributed by atoms with van der Waals surface area (Å²) < 4.78 is 5.74. The Hall–Kier alpha value is -2.06. The van der Waals surface area contributed by atoms with E-state index in [1.165, 1.54) is 23.1 Å². The lowest BCUT2D eigenvalue weighted by molar-refractivity contribution is 0.0949. The Morgan fingerprint density at radius 1 is 1.20 bits per heavy atom. The van der Waals surface area contributed by atoms with Crippen molar-refractivity contribution in [3.05, 3.63) is 73.7 Å². The molecule has 30 heavy (non-hydrogen) atoms. The van der Waals surface area contributed by atoms with Gasteiger partial charge in [-0.05, 0) is 48.7 Å². The van der Waals surface area contributed by atoms with Gasteiger partial charge in [-0.3, -0.25) is 4.79 Å². The van der Waals surface area contributed by atoms with Gasteiger partial charge in [0.1, 0.15) is 16.2 Å². The number of thioether (sulfide) groups is 1. The van der Waals surface area contributed by atoms with E-state index in [1.807, 2.05) is 31.2 Å². The molecule has 1 N–H and O–H groups in total. The van der Waals surface area contributed by atoms with E-state index in [2.05, 4.69) is 15.3 Å². The van der Waals surface area contributed by atoms with E-state index in [0.717, 1.165) is 27.2 Å². The highest BCUT2D eigenvalue weighted by Gasteiger charge is 2.13. The number of benzene rings is 2. The molecule has 2 aromatic carbocycles. The molecule has 0 aliphatic carbocycles. The fraction of sp³-hybridized carbons (Fsp3) is 0.190. The molecule has 0 saturated heterocycles. The first-order valence-corrected chi connectivity index (χ1v) is 11.8. The highest BCUT2D eigenvalue weighted by atomic mass is 35.5. The number of carbonyl (C=O) groups excluding carboxylic acids is 1. The third-order valence-corrected chi connectivity index (χ3v) is 6.78. The Morgan fingerprint density at radius 2 is 2.07 bits per heavy atom. The van der Waals surface area contributed by atoms with E-state index in [4.69, 9.17) is 27.6 Å². The average Bonchev–Trinajstić information content (AvgIpc) is 3.34. The fourth-order valence-corrected chi connectivity index (χ4v) is 4.94. The van der Waals surface area contributed by atoms with Crippen LogP contribution in [0.2, 0.25) is 10.0 Å². The molecule has 0 aliphatic rings. The zero-order valence-corrected chi connectivity index (χ0v) is 19.1. The van der Waals surface area contributed by atoms with Crippen LogP contribution >= 0.6 is 46.3 Å². The van der Waals surface area contributed by atoms with Gasteiger partial charge in [0.15, 0.2) is 5.58 Å². The molecule has 0 aliphatic heterocycles. The smallest absolute Gasteiger partial charge is 0.270 e. The van der Waals surface area contributed by atoms with Crippen molar-refractivity contribution in [2.45, 2.75) is 24.3 Å². The summed E-state index contributed by atoms with van der Waals surface area (Å²) in [7, 11) is 0. The summed E-state index contributed by atoms with van der Waals surface area (Å²) in [5, 5.41) is 7.25. The third-order valence-electron chi connectivity index (χ3n) is 4.32. The van der Waals surface area contributed by atoms with Crippen LogP contribution in [0.3, 0.4) is 0 Å². The maximum atomic E-state index is 12.4. The quantitative estimate of drug-likeness (QED) is 0.322. The summed E-state index contributed by atoms with van der Waals surface area (Å²) in [4.78, 5) is 21.3. The molecule has 0 spiro atoms. The molecule has 0 radical (unpaired) electrons. The number of halogens is 2. The molecule has 2 aromatic heterocycles. The number of carbonyl (C=O) groups is 1. The van der Waals surface area contributed by atoms with E-state index in [-0.39, 0.29) is 5.91 Å². The molecule has 0 bridgehead atoms. The Morgan fingerprint density at radius 3 is 2.90 bits per heavy atom. The molecule has 9 heteroatoms. The van der Waals surface area contributed by atoms with Crippen LogP contribution in [0, 0.1) is 6.92 Å². The van der Waals surface area contributed by atoms with Crippen molar-refractivity contribution in [3.8, 4) is 0 Å². The minimum Gasteiger partial charge on any atom is -0.431 e. The summed E-state index contributed by atoms with van der Waals surface area (Å²) >= 11 is 15.0. The Bertz CT molecular complexity index is 1210. The van der Waals surface area contributed by atoms with Crippen LogP contribution in [-0.4, -0.2) is 22.4 Å². The number of amides is 1. The molecule has 2 heterocycles. The van der Waals surface area contributed by atoms with Gasteiger partial charge >= 0.3 is 0 Å². The molecule has 0 atom stereocenters. The summed E-state index contributed by atoms with van der Waals surface area (Å²) in [5.74, 6) is 0.384.